The van der Waals surface area contributed by atoms with Crippen LogP contribution >= 0.6 is 0 Å². The molecule has 242 valence electrons. The van der Waals surface area contributed by atoms with Gasteiger partial charge in [0, 0.05) is 12.8 Å². The van der Waals surface area contributed by atoms with Crippen molar-refractivity contribution in [1.82, 2.24) is 0 Å². The minimum absolute atomic E-state index is 0.234. The van der Waals surface area contributed by atoms with Crippen LogP contribution in [0.5, 0.6) is 5.75 Å². The van der Waals surface area contributed by atoms with Crippen LogP contribution in [0.2, 0.25) is 0 Å². The summed E-state index contributed by atoms with van der Waals surface area (Å²) in [5.74, 6) is 0.0275. The molecular formula is C36H59N2O5+. The molecule has 43 heavy (non-hydrogen) atoms. The first-order valence-corrected chi connectivity index (χ1v) is 16.6. The Morgan fingerprint density at radius 2 is 1.28 bits per heavy atom. The van der Waals surface area contributed by atoms with Gasteiger partial charge in [-0.1, -0.05) is 77.3 Å². The number of hydrogen-bond acceptors (Lipinski definition) is 5. The molecule has 0 aliphatic rings. The molecule has 0 radical (unpaired) electrons. The van der Waals surface area contributed by atoms with Crippen molar-refractivity contribution in [2.24, 2.45) is 0 Å². The van der Waals surface area contributed by atoms with E-state index in [1.54, 1.807) is 30.3 Å². The van der Waals surface area contributed by atoms with Crippen LogP contribution in [0, 0.1) is 0 Å². The molecule has 2 aromatic rings. The monoisotopic (exact) mass is 599 g/mol. The van der Waals surface area contributed by atoms with E-state index in [0.717, 1.165) is 50.6 Å². The molecule has 0 atom stereocenters. The molecule has 0 saturated carbocycles. The number of nitrogens with zero attached hydrogens (tertiary/aromatic N) is 1. The number of ether oxygens (including phenoxy) is 2. The lowest BCUT2D eigenvalue weighted by Crippen LogP contribution is -2.50. The van der Waals surface area contributed by atoms with Crippen LogP contribution < -0.4 is 10.1 Å². The van der Waals surface area contributed by atoms with E-state index in [2.05, 4.69) is 33.0 Å². The standard InChI is InChI=1S/C35H54N2O4.CH4O/c1-5-9-11-13-15-19-28-40-33-21-17-16-20-32(33)34(38)36-31-24-22-30(23-25-31)35(39)41-29-27-37(7-3,8-4)26-18-14-12-10-6-2;1-2/h16-17,20-25H,5-15,18-19,26-29H2,1-4H3;2H,1H3/p+1. The molecule has 0 aromatic heterocycles. The Balaban J connectivity index is 0.00000452. The Hall–Kier alpha value is -2.90. The Morgan fingerprint density at radius 1 is 0.698 bits per heavy atom. The molecule has 0 unspecified atom stereocenters. The molecule has 2 aromatic carbocycles. The molecular weight excluding hydrogens is 540 g/mol. The van der Waals surface area contributed by atoms with Crippen molar-refractivity contribution < 1.29 is 28.7 Å². The molecule has 0 bridgehead atoms. The van der Waals surface area contributed by atoms with Gasteiger partial charge in [-0.25, -0.2) is 4.79 Å². The molecule has 7 heteroatoms. The molecule has 0 fully saturated rings. The van der Waals surface area contributed by atoms with Gasteiger partial charge in [-0.15, -0.1) is 0 Å². The van der Waals surface area contributed by atoms with Crippen molar-refractivity contribution in [2.75, 3.05) is 51.8 Å². The summed E-state index contributed by atoms with van der Waals surface area (Å²) in [7, 11) is 1.00. The van der Waals surface area contributed by atoms with Gasteiger partial charge < -0.3 is 24.4 Å². The second-order valence-corrected chi connectivity index (χ2v) is 11.1. The highest BCUT2D eigenvalue weighted by atomic mass is 16.5. The van der Waals surface area contributed by atoms with Gasteiger partial charge in [-0.3, -0.25) is 4.79 Å². The largest absolute Gasteiger partial charge is 0.493 e. The van der Waals surface area contributed by atoms with Gasteiger partial charge in [0.2, 0.25) is 0 Å². The Bertz CT molecular complexity index is 1000. The molecule has 1 amide bonds. The Morgan fingerprint density at radius 3 is 1.91 bits per heavy atom. The first-order chi connectivity index (χ1) is 21.0. The van der Waals surface area contributed by atoms with E-state index in [4.69, 9.17) is 14.6 Å². The number of rotatable bonds is 22. The highest BCUT2D eigenvalue weighted by Gasteiger charge is 2.23. The number of amides is 1. The van der Waals surface area contributed by atoms with Gasteiger partial charge in [0.05, 0.1) is 37.4 Å². The van der Waals surface area contributed by atoms with E-state index in [1.807, 2.05) is 18.2 Å². The zero-order valence-corrected chi connectivity index (χ0v) is 27.7. The quantitative estimate of drug-likeness (QED) is 0.0808. The number of esters is 1. The van der Waals surface area contributed by atoms with Crippen LogP contribution in [-0.2, 0) is 4.74 Å². The van der Waals surface area contributed by atoms with Crippen molar-refractivity contribution in [3.63, 3.8) is 0 Å². The molecule has 0 heterocycles. The molecule has 2 rings (SSSR count). The van der Waals surface area contributed by atoms with Crippen LogP contribution in [0.1, 0.15) is 119 Å². The number of benzene rings is 2. The van der Waals surface area contributed by atoms with Crippen LogP contribution in [0.15, 0.2) is 48.5 Å². The van der Waals surface area contributed by atoms with Crippen LogP contribution in [0.25, 0.3) is 0 Å². The van der Waals surface area contributed by atoms with E-state index in [-0.39, 0.29) is 11.9 Å². The summed E-state index contributed by atoms with van der Waals surface area (Å²) in [5, 5.41) is 9.93. The lowest BCUT2D eigenvalue weighted by Gasteiger charge is -2.36. The van der Waals surface area contributed by atoms with E-state index >= 15 is 0 Å². The van der Waals surface area contributed by atoms with Gasteiger partial charge in [-0.05, 0) is 69.5 Å². The lowest BCUT2D eigenvalue weighted by atomic mass is 10.1. The molecule has 0 spiro atoms. The first kappa shape index (κ1) is 38.1. The number of quaternary nitrogens is 1. The maximum Gasteiger partial charge on any atom is 0.338 e. The molecule has 0 saturated heterocycles. The SMILES string of the molecule is CCCCCCCCOc1ccccc1C(=O)Nc1ccc(C(=O)OCC[N+](CC)(CC)CCCCCCC)cc1.CO. The summed E-state index contributed by atoms with van der Waals surface area (Å²) < 4.78 is 12.6. The van der Waals surface area contributed by atoms with E-state index < -0.39 is 0 Å². The number of carbonyl (C=O) groups is 2. The first-order valence-electron chi connectivity index (χ1n) is 16.6. The molecule has 0 aliphatic heterocycles. The third-order valence-corrected chi connectivity index (χ3v) is 8.14. The fraction of sp³-hybridized carbons (Fsp3) is 0.611. The minimum atomic E-state index is -0.329. The highest BCUT2D eigenvalue weighted by Crippen LogP contribution is 2.21. The number of carbonyl (C=O) groups excluding carboxylic acids is 2. The highest BCUT2D eigenvalue weighted by molar-refractivity contribution is 6.06. The van der Waals surface area contributed by atoms with Crippen LogP contribution in [-0.4, -0.2) is 68.0 Å². The van der Waals surface area contributed by atoms with E-state index in [9.17, 15) is 9.59 Å². The molecule has 2 N–H and O–H groups in total. The predicted molar refractivity (Wildman–Crippen MR) is 178 cm³/mol. The van der Waals surface area contributed by atoms with Gasteiger partial charge in [0.15, 0.2) is 0 Å². The van der Waals surface area contributed by atoms with Crippen molar-refractivity contribution in [1.29, 1.82) is 0 Å². The van der Waals surface area contributed by atoms with Crippen molar-refractivity contribution in [3.05, 3.63) is 59.7 Å². The Kier molecular flexibility index (Phi) is 20.9. The third-order valence-electron chi connectivity index (χ3n) is 8.14. The van der Waals surface area contributed by atoms with E-state index in [0.29, 0.717) is 35.8 Å². The predicted octanol–water partition coefficient (Wildman–Crippen LogP) is 8.27. The minimum Gasteiger partial charge on any atom is -0.493 e. The number of anilines is 1. The number of aliphatic hydroxyl groups excluding tert-OH is 1. The lowest BCUT2D eigenvalue weighted by molar-refractivity contribution is -0.925. The summed E-state index contributed by atoms with van der Waals surface area (Å²) in [6.45, 7) is 14.0. The third kappa shape index (κ3) is 14.9. The number of nitrogens with one attached hydrogen (secondary N) is 1. The maximum atomic E-state index is 13.0. The zero-order valence-electron chi connectivity index (χ0n) is 27.7. The number of hydrogen-bond donors (Lipinski definition) is 2. The topological polar surface area (TPSA) is 84.9 Å². The van der Waals surface area contributed by atoms with Crippen molar-refractivity contribution >= 4 is 17.6 Å². The normalized spacial score (nSPS) is 10.9. The fourth-order valence-corrected chi connectivity index (χ4v) is 5.17. The van der Waals surface area contributed by atoms with Gasteiger partial charge in [0.25, 0.3) is 5.91 Å². The summed E-state index contributed by atoms with van der Waals surface area (Å²) in [6.07, 6.45) is 13.5. The fourth-order valence-electron chi connectivity index (χ4n) is 5.17. The van der Waals surface area contributed by atoms with Crippen LogP contribution in [0.3, 0.4) is 0 Å². The molecule has 0 aliphatic carbocycles. The summed E-state index contributed by atoms with van der Waals surface area (Å²) >= 11 is 0. The average Bonchev–Trinajstić information content (AvgIpc) is 3.05. The second-order valence-electron chi connectivity index (χ2n) is 11.1. The number of para-hydroxylation sites is 1. The number of unbranched alkanes of at least 4 members (excludes halogenated alkanes) is 9. The molecule has 7 nitrogen and oxygen atoms in total. The van der Waals surface area contributed by atoms with Gasteiger partial charge in [-0.2, -0.15) is 0 Å². The number of aliphatic hydroxyl groups is 1. The zero-order chi connectivity index (χ0) is 31.8. The van der Waals surface area contributed by atoms with Crippen molar-refractivity contribution in [2.45, 2.75) is 98.3 Å². The maximum absolute atomic E-state index is 13.0. The van der Waals surface area contributed by atoms with Crippen molar-refractivity contribution in [3.8, 4) is 5.75 Å². The van der Waals surface area contributed by atoms with Gasteiger partial charge >= 0.3 is 5.97 Å². The summed E-state index contributed by atoms with van der Waals surface area (Å²) in [5.41, 5.74) is 1.60. The summed E-state index contributed by atoms with van der Waals surface area (Å²) in [6, 6.07) is 14.2. The number of likely N-dealkylation sites (N-methyl/N-ethyl adjacent to an activating group) is 1. The summed E-state index contributed by atoms with van der Waals surface area (Å²) in [4.78, 5) is 25.7. The average molecular weight is 600 g/mol. The van der Waals surface area contributed by atoms with Gasteiger partial charge in [0.1, 0.15) is 18.9 Å². The van der Waals surface area contributed by atoms with E-state index in [1.165, 1.54) is 57.8 Å². The van der Waals surface area contributed by atoms with Crippen LogP contribution in [0.4, 0.5) is 5.69 Å². The Labute approximate surface area is 261 Å². The second kappa shape index (κ2) is 23.5. The smallest absolute Gasteiger partial charge is 0.338 e.